The van der Waals surface area contributed by atoms with E-state index in [9.17, 15) is 17.8 Å². The van der Waals surface area contributed by atoms with Crippen molar-refractivity contribution in [1.29, 1.82) is 0 Å². The van der Waals surface area contributed by atoms with E-state index in [1.54, 1.807) is 0 Å². The summed E-state index contributed by atoms with van der Waals surface area (Å²) in [5, 5.41) is -0.945. The van der Waals surface area contributed by atoms with Gasteiger partial charge in [-0.2, -0.15) is 0 Å². The van der Waals surface area contributed by atoms with Gasteiger partial charge in [0.1, 0.15) is 0 Å². The SMILES string of the molecule is [2H]c1c([2H])c([2H])c2c(c1[2H])-c1c([2H])c([2H])c(N(c3c([2H])c([2H])c(-c4c([2H])c([2H])c5c([2H])c([2H])c([2H])c([2H])c5c4[2H])c([2H])c3[2H])c3c([2H])c([2H])c4c(c3[2H])C(C)(C)CCC4(C)C)c([2H])c1C21C2CC3CC(C2)CC1C3. The highest BCUT2D eigenvalue weighted by atomic mass is 15.1. The van der Waals surface area contributed by atoms with Gasteiger partial charge < -0.3 is 4.90 Å². The summed E-state index contributed by atoms with van der Waals surface area (Å²) in [7, 11) is 0. The molecule has 6 aliphatic rings. The van der Waals surface area contributed by atoms with E-state index in [0.717, 1.165) is 11.3 Å². The lowest BCUT2D eigenvalue weighted by atomic mass is 9.43. The molecule has 0 radical (unpaired) electrons. The van der Waals surface area contributed by atoms with Crippen LogP contribution in [0.25, 0.3) is 33.0 Å². The van der Waals surface area contributed by atoms with Crippen molar-refractivity contribution in [3.8, 4) is 22.3 Å². The van der Waals surface area contributed by atoms with E-state index in [-0.39, 0.29) is 52.2 Å². The zero-order valence-electron chi connectivity index (χ0n) is 51.2. The number of anilines is 3. The van der Waals surface area contributed by atoms with E-state index in [0.29, 0.717) is 61.5 Å². The summed E-state index contributed by atoms with van der Waals surface area (Å²) in [6, 6.07) is -13.8. The van der Waals surface area contributed by atoms with Crippen molar-refractivity contribution in [2.45, 2.75) is 88.9 Å². The maximum Gasteiger partial charge on any atom is 0.0648 e. The quantitative estimate of drug-likeness (QED) is 0.176. The third-order valence-corrected chi connectivity index (χ3v) is 13.3. The summed E-state index contributed by atoms with van der Waals surface area (Å²) >= 11 is 0. The molecule has 1 nitrogen and oxygen atoms in total. The second-order valence-corrected chi connectivity index (χ2v) is 17.2. The summed E-state index contributed by atoms with van der Waals surface area (Å²) in [5.74, 6) is 0.0931. The molecule has 12 rings (SSSR count). The van der Waals surface area contributed by atoms with Crippen LogP contribution in [-0.4, -0.2) is 0 Å². The lowest BCUT2D eigenvalue weighted by Crippen LogP contribution is -2.55. The van der Waals surface area contributed by atoms with Crippen LogP contribution in [0.2, 0.25) is 0 Å². The maximum absolute atomic E-state index is 10.6. The van der Waals surface area contributed by atoms with Gasteiger partial charge in [-0.1, -0.05) is 112 Å². The monoisotopic (exact) mass is 711 g/mol. The first-order chi connectivity index (χ1) is 34.5. The van der Waals surface area contributed by atoms with Crippen molar-refractivity contribution >= 4 is 27.8 Å². The first kappa shape index (κ1) is 17.2. The molecular weight excluding hydrogens is 639 g/mol. The Balaban J connectivity index is 1.30. The van der Waals surface area contributed by atoms with Gasteiger partial charge in [-0.3, -0.25) is 0 Å². The largest absolute Gasteiger partial charge is 0.310 e. The van der Waals surface area contributed by atoms with Gasteiger partial charge in [0.05, 0.1) is 28.8 Å². The Morgan fingerprint density at radius 1 is 0.472 bits per heavy atom. The number of hydrogen-bond acceptors (Lipinski definition) is 1. The lowest BCUT2D eigenvalue weighted by Gasteiger charge is -2.61. The molecule has 0 aromatic heterocycles. The molecule has 0 amide bonds. The molecule has 6 aromatic rings. The molecule has 264 valence electrons. The summed E-state index contributed by atoms with van der Waals surface area (Å²) in [6.07, 6.45) is 4.77. The van der Waals surface area contributed by atoms with Crippen molar-refractivity contribution in [3.05, 3.63) is 149 Å². The maximum atomic E-state index is 10.6. The van der Waals surface area contributed by atoms with Gasteiger partial charge in [-0.25, -0.2) is 0 Å². The van der Waals surface area contributed by atoms with Gasteiger partial charge in [0.25, 0.3) is 0 Å². The Morgan fingerprint density at radius 3 is 1.77 bits per heavy atom. The minimum Gasteiger partial charge on any atom is -0.310 e. The molecule has 0 saturated heterocycles. The normalized spacial score (nSPS) is 32.3. The van der Waals surface area contributed by atoms with Crippen LogP contribution in [0.3, 0.4) is 0 Å². The van der Waals surface area contributed by atoms with Gasteiger partial charge in [0, 0.05) is 22.5 Å². The standard InChI is InChI=1S/C52H51N/c1-50(2)23-24-51(3,4)49-32-43(20-22-47(49)50)53(41-17-15-36(16-18-41)38-14-13-35-9-5-6-10-37(35)30-38)42-19-21-45-44-11-7-8-12-46(44)52(48(45)31-42)39-26-33-25-34(28-39)29-40(52)27-33/h5-22,30-34,39-40H,23-29H2,1-4H3/i5D,6D,7D,8D,9D,10D,11D,12D,13D,14D,15D,16D,17D,18D,19D,20D,21D,22D,30D,31D,32D. The first-order valence-corrected chi connectivity index (χ1v) is 18.8. The average Bonchev–Trinajstić information content (AvgIpc) is 3.66. The summed E-state index contributed by atoms with van der Waals surface area (Å²) in [4.78, 5) is 0.936. The van der Waals surface area contributed by atoms with Crippen molar-refractivity contribution in [1.82, 2.24) is 0 Å². The van der Waals surface area contributed by atoms with Gasteiger partial charge in [0.15, 0.2) is 0 Å². The molecule has 53 heavy (non-hydrogen) atoms. The molecular formula is C52H51N. The Kier molecular flexibility index (Phi) is 3.64. The van der Waals surface area contributed by atoms with Gasteiger partial charge in [0.2, 0.25) is 0 Å². The Morgan fingerprint density at radius 2 is 1.04 bits per heavy atom. The zero-order valence-corrected chi connectivity index (χ0v) is 30.2. The number of benzene rings is 6. The average molecular weight is 711 g/mol. The van der Waals surface area contributed by atoms with Crippen molar-refractivity contribution in [2.24, 2.45) is 23.7 Å². The highest BCUT2D eigenvalue weighted by Crippen LogP contribution is 2.69. The van der Waals surface area contributed by atoms with Crippen LogP contribution in [0.5, 0.6) is 0 Å². The van der Waals surface area contributed by atoms with E-state index < -0.39 is 164 Å². The van der Waals surface area contributed by atoms with Crippen molar-refractivity contribution in [2.75, 3.05) is 4.90 Å². The fraction of sp³-hybridized carbons (Fsp3) is 0.346. The number of hydrogen-bond donors (Lipinski definition) is 0. The van der Waals surface area contributed by atoms with Crippen LogP contribution in [0, 0.1) is 23.7 Å². The Hall–Kier alpha value is -4.62. The van der Waals surface area contributed by atoms with E-state index in [1.165, 1.54) is 0 Å². The van der Waals surface area contributed by atoms with Gasteiger partial charge in [-0.05, 0) is 177 Å². The smallest absolute Gasteiger partial charge is 0.0648 e. The van der Waals surface area contributed by atoms with Crippen LogP contribution >= 0.6 is 0 Å². The number of fused-ring (bicyclic) bond motifs is 5. The first-order valence-electron chi connectivity index (χ1n) is 29.3. The van der Waals surface area contributed by atoms with Gasteiger partial charge >= 0.3 is 0 Å². The molecule has 4 saturated carbocycles. The Bertz CT molecular complexity index is 3560. The van der Waals surface area contributed by atoms with E-state index >= 15 is 0 Å². The molecule has 1 spiro atoms. The van der Waals surface area contributed by atoms with Crippen molar-refractivity contribution in [3.63, 3.8) is 0 Å². The van der Waals surface area contributed by atoms with Crippen LogP contribution < -0.4 is 4.90 Å². The molecule has 0 aliphatic heterocycles. The fourth-order valence-electron chi connectivity index (χ4n) is 10.9. The predicted molar refractivity (Wildman–Crippen MR) is 223 cm³/mol. The minimum absolute atomic E-state index is 0.0220. The molecule has 6 aliphatic carbocycles. The second-order valence-electron chi connectivity index (χ2n) is 17.2. The van der Waals surface area contributed by atoms with Crippen LogP contribution in [0.4, 0.5) is 17.1 Å². The zero-order chi connectivity index (χ0) is 54.0. The molecule has 1 heteroatoms. The topological polar surface area (TPSA) is 3.24 Å². The number of nitrogens with zero attached hydrogens (tertiary/aromatic N) is 1. The van der Waals surface area contributed by atoms with Gasteiger partial charge in [-0.15, -0.1) is 0 Å². The highest BCUT2D eigenvalue weighted by Gasteiger charge is 2.61. The molecule has 4 bridgehead atoms. The third-order valence-electron chi connectivity index (χ3n) is 13.3. The summed E-state index contributed by atoms with van der Waals surface area (Å²) in [6.45, 7) is 7.58. The van der Waals surface area contributed by atoms with Crippen LogP contribution in [0.1, 0.15) is 124 Å². The number of rotatable bonds is 4. The predicted octanol–water partition coefficient (Wildman–Crippen LogP) is 14.0. The van der Waals surface area contributed by atoms with Crippen LogP contribution in [0.15, 0.2) is 127 Å². The molecule has 4 fully saturated rings. The van der Waals surface area contributed by atoms with Crippen molar-refractivity contribution < 1.29 is 28.8 Å². The van der Waals surface area contributed by atoms with E-state index in [1.807, 2.05) is 27.7 Å². The van der Waals surface area contributed by atoms with E-state index in [4.69, 9.17) is 11.0 Å². The lowest BCUT2D eigenvalue weighted by molar-refractivity contribution is -0.0399. The Labute approximate surface area is 345 Å². The molecule has 0 atom stereocenters. The second kappa shape index (κ2) is 11.2. The minimum atomic E-state index is -1.28. The van der Waals surface area contributed by atoms with E-state index in [2.05, 4.69) is 0 Å². The summed E-state index contributed by atoms with van der Waals surface area (Å²) in [5.41, 5.74) is -4.72. The summed E-state index contributed by atoms with van der Waals surface area (Å²) < 4.78 is 197. The molecule has 0 unspecified atom stereocenters. The fourth-order valence-corrected chi connectivity index (χ4v) is 10.9. The highest BCUT2D eigenvalue weighted by molar-refractivity contribution is 5.89. The third kappa shape index (κ3) is 4.62. The molecule has 0 heterocycles. The van der Waals surface area contributed by atoms with Crippen LogP contribution in [-0.2, 0) is 16.2 Å². The molecule has 6 aromatic carbocycles. The molecule has 0 N–H and O–H groups in total.